The first kappa shape index (κ1) is 14.1. The molecule has 0 atom stereocenters. The number of H-pyrrole nitrogens is 1. The number of nitrogens with two attached hydrogens (primary N) is 1. The summed E-state index contributed by atoms with van der Waals surface area (Å²) in [5.74, 6) is -0.377. The molecule has 4 heteroatoms. The number of carbonyl (C=O) groups excluding carboxylic acids is 1. The highest BCUT2D eigenvalue weighted by Gasteiger charge is 2.11. The molecule has 0 saturated carbocycles. The number of nitrogens with one attached hydrogen (secondary N) is 1. The van der Waals surface area contributed by atoms with Gasteiger partial charge in [0, 0.05) is 22.7 Å². The fourth-order valence-corrected chi connectivity index (χ4v) is 3.22. The topological polar surface area (TPSA) is 62.1 Å². The quantitative estimate of drug-likeness (QED) is 0.887. The molecule has 0 radical (unpaired) electrons. The molecule has 1 saturated heterocycles. The number of aryl methyl sites for hydroxylation is 1. The van der Waals surface area contributed by atoms with Gasteiger partial charge in [-0.1, -0.05) is 12.5 Å². The van der Waals surface area contributed by atoms with Crippen LogP contribution in [0, 0.1) is 0 Å². The lowest BCUT2D eigenvalue weighted by Gasteiger charge is -2.26. The Morgan fingerprint density at radius 1 is 1.24 bits per heavy atom. The third kappa shape index (κ3) is 3.27. The lowest BCUT2D eigenvalue weighted by molar-refractivity contribution is 0.100. The summed E-state index contributed by atoms with van der Waals surface area (Å²) in [7, 11) is 0. The third-order valence-electron chi connectivity index (χ3n) is 4.42. The molecule has 1 aliphatic rings. The Labute approximate surface area is 125 Å². The number of hydrogen-bond acceptors (Lipinski definition) is 2. The number of rotatable bonds is 5. The summed E-state index contributed by atoms with van der Waals surface area (Å²) in [5.41, 5.74) is 8.21. The van der Waals surface area contributed by atoms with E-state index in [1.165, 1.54) is 56.3 Å². The maximum atomic E-state index is 11.2. The number of likely N-dealkylation sites (tertiary alicyclic amines) is 1. The molecule has 1 aromatic carbocycles. The maximum absolute atomic E-state index is 11.2. The molecule has 0 bridgehead atoms. The fourth-order valence-electron chi connectivity index (χ4n) is 3.22. The van der Waals surface area contributed by atoms with E-state index in [9.17, 15) is 4.79 Å². The van der Waals surface area contributed by atoms with Crippen molar-refractivity contribution in [1.29, 1.82) is 0 Å². The third-order valence-corrected chi connectivity index (χ3v) is 4.42. The molecule has 21 heavy (non-hydrogen) atoms. The van der Waals surface area contributed by atoms with Gasteiger partial charge in [-0.25, -0.2) is 0 Å². The highest BCUT2D eigenvalue weighted by Crippen LogP contribution is 2.21. The minimum Gasteiger partial charge on any atom is -0.366 e. The van der Waals surface area contributed by atoms with Crippen LogP contribution in [0.3, 0.4) is 0 Å². The van der Waals surface area contributed by atoms with Gasteiger partial charge in [0.1, 0.15) is 0 Å². The summed E-state index contributed by atoms with van der Waals surface area (Å²) in [6, 6.07) is 5.65. The van der Waals surface area contributed by atoms with Gasteiger partial charge in [-0.3, -0.25) is 4.79 Å². The van der Waals surface area contributed by atoms with Gasteiger partial charge >= 0.3 is 0 Å². The second kappa shape index (κ2) is 6.31. The van der Waals surface area contributed by atoms with Crippen molar-refractivity contribution in [2.75, 3.05) is 19.6 Å². The molecule has 0 spiro atoms. The smallest absolute Gasteiger partial charge is 0.248 e. The molecule has 1 aromatic heterocycles. The van der Waals surface area contributed by atoms with Crippen molar-refractivity contribution in [3.8, 4) is 0 Å². The molecule has 1 amide bonds. The zero-order chi connectivity index (χ0) is 14.7. The number of benzene rings is 1. The molecule has 4 nitrogen and oxygen atoms in total. The summed E-state index contributed by atoms with van der Waals surface area (Å²) in [6.07, 6.45) is 8.41. The first-order chi connectivity index (χ1) is 10.2. The number of amides is 1. The predicted octanol–water partition coefficient (Wildman–Crippen LogP) is 2.69. The van der Waals surface area contributed by atoms with Crippen LogP contribution >= 0.6 is 0 Å². The van der Waals surface area contributed by atoms with Gasteiger partial charge in [0.15, 0.2) is 0 Å². The zero-order valence-corrected chi connectivity index (χ0v) is 12.4. The Morgan fingerprint density at radius 2 is 2.05 bits per heavy atom. The molecule has 3 rings (SSSR count). The van der Waals surface area contributed by atoms with Crippen LogP contribution in [0.15, 0.2) is 24.4 Å². The zero-order valence-electron chi connectivity index (χ0n) is 12.4. The molecule has 1 fully saturated rings. The van der Waals surface area contributed by atoms with Crippen LogP contribution in [-0.4, -0.2) is 35.4 Å². The van der Waals surface area contributed by atoms with Crippen molar-refractivity contribution >= 4 is 16.8 Å². The van der Waals surface area contributed by atoms with Crippen LogP contribution in [0.5, 0.6) is 0 Å². The van der Waals surface area contributed by atoms with E-state index >= 15 is 0 Å². The van der Waals surface area contributed by atoms with E-state index < -0.39 is 0 Å². The van der Waals surface area contributed by atoms with Crippen LogP contribution in [-0.2, 0) is 6.42 Å². The number of fused-ring (bicyclic) bond motifs is 1. The number of aromatic nitrogens is 1. The normalized spacial score (nSPS) is 16.4. The molecule has 2 aromatic rings. The minimum absolute atomic E-state index is 0.377. The van der Waals surface area contributed by atoms with Gasteiger partial charge in [-0.2, -0.15) is 0 Å². The number of hydrogen-bond donors (Lipinski definition) is 2. The summed E-state index contributed by atoms with van der Waals surface area (Å²) >= 11 is 0. The monoisotopic (exact) mass is 285 g/mol. The molecular weight excluding hydrogens is 262 g/mol. The van der Waals surface area contributed by atoms with E-state index in [-0.39, 0.29) is 5.91 Å². The number of carbonyl (C=O) groups is 1. The van der Waals surface area contributed by atoms with Crippen molar-refractivity contribution in [2.24, 2.45) is 5.73 Å². The van der Waals surface area contributed by atoms with Crippen LogP contribution in [0.4, 0.5) is 0 Å². The first-order valence-corrected chi connectivity index (χ1v) is 7.86. The van der Waals surface area contributed by atoms with E-state index in [2.05, 4.69) is 16.1 Å². The number of nitrogens with zero attached hydrogens (tertiary/aromatic N) is 1. The van der Waals surface area contributed by atoms with Gasteiger partial charge in [0.25, 0.3) is 0 Å². The standard InChI is InChI=1S/C17H23N3O/c18-17(21)13-6-7-15-14(12-19-16(15)11-13)5-4-10-20-8-2-1-3-9-20/h6-7,11-12,19H,1-5,8-10H2,(H2,18,21). The molecule has 3 N–H and O–H groups in total. The second-order valence-corrected chi connectivity index (χ2v) is 5.94. The Bertz CT molecular complexity index is 626. The van der Waals surface area contributed by atoms with E-state index in [0.717, 1.165) is 11.9 Å². The maximum Gasteiger partial charge on any atom is 0.248 e. The summed E-state index contributed by atoms with van der Waals surface area (Å²) in [5, 5.41) is 1.21. The fraction of sp³-hybridized carbons (Fsp3) is 0.471. The average Bonchev–Trinajstić information content (AvgIpc) is 2.91. The van der Waals surface area contributed by atoms with E-state index in [1.54, 1.807) is 0 Å². The van der Waals surface area contributed by atoms with E-state index in [1.807, 2.05) is 18.2 Å². The van der Waals surface area contributed by atoms with Crippen LogP contribution in [0.25, 0.3) is 10.9 Å². The van der Waals surface area contributed by atoms with Crippen molar-refractivity contribution in [3.05, 3.63) is 35.5 Å². The second-order valence-electron chi connectivity index (χ2n) is 5.94. The van der Waals surface area contributed by atoms with Gasteiger partial charge in [-0.05, 0) is 63.0 Å². The highest BCUT2D eigenvalue weighted by atomic mass is 16.1. The number of primary amides is 1. The predicted molar refractivity (Wildman–Crippen MR) is 85.4 cm³/mol. The van der Waals surface area contributed by atoms with Crippen molar-refractivity contribution in [2.45, 2.75) is 32.1 Å². The van der Waals surface area contributed by atoms with Crippen molar-refractivity contribution in [3.63, 3.8) is 0 Å². The Kier molecular flexibility index (Phi) is 4.25. The minimum atomic E-state index is -0.377. The Morgan fingerprint density at radius 3 is 2.81 bits per heavy atom. The molecule has 112 valence electrons. The first-order valence-electron chi connectivity index (χ1n) is 7.86. The van der Waals surface area contributed by atoms with Gasteiger partial charge in [0.05, 0.1) is 0 Å². The molecule has 0 unspecified atom stereocenters. The SMILES string of the molecule is NC(=O)c1ccc2c(CCCN3CCCCC3)c[nH]c2c1. The molecule has 2 heterocycles. The molecule has 1 aliphatic heterocycles. The van der Waals surface area contributed by atoms with Crippen LogP contribution in [0.2, 0.25) is 0 Å². The average molecular weight is 285 g/mol. The van der Waals surface area contributed by atoms with E-state index in [4.69, 9.17) is 5.73 Å². The number of piperidine rings is 1. The van der Waals surface area contributed by atoms with Gasteiger partial charge in [-0.15, -0.1) is 0 Å². The van der Waals surface area contributed by atoms with Crippen LogP contribution in [0.1, 0.15) is 41.6 Å². The Balaban J connectivity index is 1.63. The molecular formula is C17H23N3O. The van der Waals surface area contributed by atoms with Crippen molar-refractivity contribution in [1.82, 2.24) is 9.88 Å². The summed E-state index contributed by atoms with van der Waals surface area (Å²) in [4.78, 5) is 17.0. The van der Waals surface area contributed by atoms with Gasteiger partial charge < -0.3 is 15.6 Å². The largest absolute Gasteiger partial charge is 0.366 e. The lowest BCUT2D eigenvalue weighted by Crippen LogP contribution is -2.30. The number of aromatic amines is 1. The summed E-state index contributed by atoms with van der Waals surface area (Å²) < 4.78 is 0. The highest BCUT2D eigenvalue weighted by molar-refractivity contribution is 5.97. The van der Waals surface area contributed by atoms with Crippen LogP contribution < -0.4 is 5.73 Å². The van der Waals surface area contributed by atoms with E-state index in [0.29, 0.717) is 5.56 Å². The molecule has 0 aliphatic carbocycles. The summed E-state index contributed by atoms with van der Waals surface area (Å²) in [6.45, 7) is 3.71. The lowest BCUT2D eigenvalue weighted by atomic mass is 10.1. The Hall–Kier alpha value is -1.81. The van der Waals surface area contributed by atoms with Crippen molar-refractivity contribution < 1.29 is 4.79 Å². The van der Waals surface area contributed by atoms with Gasteiger partial charge in [0.2, 0.25) is 5.91 Å².